The fraction of sp³-hybridized carbons (Fsp3) is 0.562. The van der Waals surface area contributed by atoms with Crippen LogP contribution in [0.3, 0.4) is 0 Å². The third-order valence-electron chi connectivity index (χ3n) is 3.86. The average Bonchev–Trinajstić information content (AvgIpc) is 3.17. The molecule has 1 N–H and O–H groups in total. The Morgan fingerprint density at radius 2 is 2.16 bits per heavy atom. The van der Waals surface area contributed by atoms with Gasteiger partial charge in [0.2, 0.25) is 0 Å². The number of aromatic hydroxyl groups is 1. The SMILES string of the molecule is CCCC(=O)Oc1ccc(C)c(C(C)C2CC2)c1O. The van der Waals surface area contributed by atoms with Crippen molar-refractivity contribution in [3.63, 3.8) is 0 Å². The van der Waals surface area contributed by atoms with Crippen LogP contribution in [0.15, 0.2) is 12.1 Å². The monoisotopic (exact) mass is 262 g/mol. The topological polar surface area (TPSA) is 46.5 Å². The van der Waals surface area contributed by atoms with Crippen molar-refractivity contribution in [3.05, 3.63) is 23.3 Å². The van der Waals surface area contributed by atoms with E-state index in [1.807, 2.05) is 19.9 Å². The molecule has 1 aliphatic carbocycles. The molecule has 2 rings (SSSR count). The van der Waals surface area contributed by atoms with Crippen molar-refractivity contribution in [1.29, 1.82) is 0 Å². The van der Waals surface area contributed by atoms with Gasteiger partial charge in [-0.3, -0.25) is 4.79 Å². The van der Waals surface area contributed by atoms with Crippen molar-refractivity contribution in [3.8, 4) is 11.5 Å². The highest BCUT2D eigenvalue weighted by Gasteiger charge is 2.32. The molecule has 0 bridgehead atoms. The van der Waals surface area contributed by atoms with E-state index < -0.39 is 0 Å². The lowest BCUT2D eigenvalue weighted by Crippen LogP contribution is -2.08. The van der Waals surface area contributed by atoms with Crippen LogP contribution in [0, 0.1) is 12.8 Å². The molecule has 19 heavy (non-hydrogen) atoms. The third-order valence-corrected chi connectivity index (χ3v) is 3.86. The van der Waals surface area contributed by atoms with Gasteiger partial charge in [-0.05, 0) is 49.7 Å². The van der Waals surface area contributed by atoms with Crippen molar-refractivity contribution >= 4 is 5.97 Å². The Kier molecular flexibility index (Phi) is 4.13. The molecule has 0 spiro atoms. The highest BCUT2D eigenvalue weighted by molar-refractivity contribution is 5.73. The summed E-state index contributed by atoms with van der Waals surface area (Å²) in [6.45, 7) is 6.06. The minimum atomic E-state index is -0.285. The molecule has 0 amide bonds. The second kappa shape index (κ2) is 5.64. The summed E-state index contributed by atoms with van der Waals surface area (Å²) in [5, 5.41) is 10.4. The third kappa shape index (κ3) is 3.09. The Balaban J connectivity index is 2.25. The molecule has 0 saturated heterocycles. The zero-order valence-electron chi connectivity index (χ0n) is 11.9. The molecule has 1 atom stereocenters. The molecule has 1 fully saturated rings. The molecular formula is C16H22O3. The van der Waals surface area contributed by atoms with Gasteiger partial charge in [-0.2, -0.15) is 0 Å². The van der Waals surface area contributed by atoms with Gasteiger partial charge in [-0.15, -0.1) is 0 Å². The van der Waals surface area contributed by atoms with Crippen LogP contribution in [0.5, 0.6) is 11.5 Å². The van der Waals surface area contributed by atoms with Gasteiger partial charge < -0.3 is 9.84 Å². The van der Waals surface area contributed by atoms with E-state index in [0.717, 1.165) is 17.5 Å². The minimum Gasteiger partial charge on any atom is -0.504 e. The Bertz CT molecular complexity index is 475. The van der Waals surface area contributed by atoms with Crippen molar-refractivity contribution < 1.29 is 14.6 Å². The number of esters is 1. The number of phenols is 1. The number of phenolic OH excluding ortho intramolecular Hbond substituents is 1. The van der Waals surface area contributed by atoms with Gasteiger partial charge in [0.1, 0.15) is 0 Å². The quantitative estimate of drug-likeness (QED) is 0.646. The molecule has 0 aliphatic heterocycles. The molecule has 104 valence electrons. The summed E-state index contributed by atoms with van der Waals surface area (Å²) in [7, 11) is 0. The first-order valence-electron chi connectivity index (χ1n) is 7.07. The van der Waals surface area contributed by atoms with Crippen LogP contribution in [-0.2, 0) is 4.79 Å². The standard InChI is InChI=1S/C16H22O3/c1-4-5-14(17)19-13-9-6-10(2)15(16(13)18)11(3)12-7-8-12/h6,9,11-12,18H,4-5,7-8H2,1-3H3. The fourth-order valence-electron chi connectivity index (χ4n) is 2.56. The summed E-state index contributed by atoms with van der Waals surface area (Å²) in [5.41, 5.74) is 2.00. The van der Waals surface area contributed by atoms with Gasteiger partial charge in [0.15, 0.2) is 11.5 Å². The first-order valence-corrected chi connectivity index (χ1v) is 7.07. The number of benzene rings is 1. The lowest BCUT2D eigenvalue weighted by Gasteiger charge is -2.18. The summed E-state index contributed by atoms with van der Waals surface area (Å²) in [6, 6.07) is 3.60. The summed E-state index contributed by atoms with van der Waals surface area (Å²) >= 11 is 0. The number of hydrogen-bond donors (Lipinski definition) is 1. The van der Waals surface area contributed by atoms with Gasteiger partial charge in [0, 0.05) is 12.0 Å². The second-order valence-corrected chi connectivity index (χ2v) is 5.49. The molecule has 1 aromatic rings. The van der Waals surface area contributed by atoms with E-state index in [1.54, 1.807) is 6.07 Å². The van der Waals surface area contributed by atoms with Gasteiger partial charge in [0.05, 0.1) is 0 Å². The molecule has 1 aromatic carbocycles. The van der Waals surface area contributed by atoms with E-state index in [0.29, 0.717) is 24.0 Å². The van der Waals surface area contributed by atoms with E-state index in [2.05, 4.69) is 6.92 Å². The maximum Gasteiger partial charge on any atom is 0.311 e. The lowest BCUT2D eigenvalue weighted by atomic mass is 9.91. The van der Waals surface area contributed by atoms with Crippen LogP contribution in [0.4, 0.5) is 0 Å². The van der Waals surface area contributed by atoms with E-state index >= 15 is 0 Å². The molecule has 1 aliphatic rings. The van der Waals surface area contributed by atoms with Crippen LogP contribution in [0.25, 0.3) is 0 Å². The molecule has 0 aromatic heterocycles. The first-order chi connectivity index (χ1) is 9.04. The van der Waals surface area contributed by atoms with Crippen LogP contribution < -0.4 is 4.74 Å². The summed E-state index contributed by atoms with van der Waals surface area (Å²) < 4.78 is 5.24. The number of hydrogen-bond acceptors (Lipinski definition) is 3. The molecule has 1 unspecified atom stereocenters. The smallest absolute Gasteiger partial charge is 0.311 e. The van der Waals surface area contributed by atoms with Crippen molar-refractivity contribution in [2.45, 2.75) is 52.4 Å². The second-order valence-electron chi connectivity index (χ2n) is 5.49. The molecular weight excluding hydrogens is 240 g/mol. The Labute approximate surface area is 114 Å². The number of rotatable bonds is 5. The van der Waals surface area contributed by atoms with Gasteiger partial charge in [-0.25, -0.2) is 0 Å². The van der Waals surface area contributed by atoms with Crippen LogP contribution in [0.2, 0.25) is 0 Å². The predicted molar refractivity (Wildman–Crippen MR) is 74.5 cm³/mol. The van der Waals surface area contributed by atoms with Gasteiger partial charge >= 0.3 is 5.97 Å². The van der Waals surface area contributed by atoms with Crippen molar-refractivity contribution in [1.82, 2.24) is 0 Å². The molecule has 3 heteroatoms. The molecule has 0 heterocycles. The highest BCUT2D eigenvalue weighted by Crippen LogP contribution is 2.47. The van der Waals surface area contributed by atoms with Gasteiger partial charge in [-0.1, -0.05) is 19.9 Å². The summed E-state index contributed by atoms with van der Waals surface area (Å²) in [6.07, 6.45) is 3.57. The van der Waals surface area contributed by atoms with Crippen LogP contribution >= 0.6 is 0 Å². The first kappa shape index (κ1) is 13.9. The Hall–Kier alpha value is -1.51. The normalized spacial score (nSPS) is 16.2. The van der Waals surface area contributed by atoms with E-state index in [-0.39, 0.29) is 11.7 Å². The van der Waals surface area contributed by atoms with Crippen molar-refractivity contribution in [2.24, 2.45) is 5.92 Å². The lowest BCUT2D eigenvalue weighted by molar-refractivity contribution is -0.134. The Morgan fingerprint density at radius 3 is 2.74 bits per heavy atom. The summed E-state index contributed by atoms with van der Waals surface area (Å²) in [5.74, 6) is 1.14. The molecule has 3 nitrogen and oxygen atoms in total. The van der Waals surface area contributed by atoms with Gasteiger partial charge in [0.25, 0.3) is 0 Å². The molecule has 1 saturated carbocycles. The number of aryl methyl sites for hydroxylation is 1. The number of carbonyl (C=O) groups is 1. The predicted octanol–water partition coefficient (Wildman–Crippen LogP) is 3.92. The zero-order chi connectivity index (χ0) is 14.0. The highest BCUT2D eigenvalue weighted by atomic mass is 16.5. The van der Waals surface area contributed by atoms with Crippen molar-refractivity contribution in [2.75, 3.05) is 0 Å². The maximum atomic E-state index is 11.5. The van der Waals surface area contributed by atoms with E-state index in [4.69, 9.17) is 4.74 Å². The Morgan fingerprint density at radius 1 is 1.47 bits per heavy atom. The van der Waals surface area contributed by atoms with E-state index in [9.17, 15) is 9.90 Å². The van der Waals surface area contributed by atoms with Crippen LogP contribution in [0.1, 0.15) is 56.6 Å². The molecule has 0 radical (unpaired) electrons. The maximum absolute atomic E-state index is 11.5. The largest absolute Gasteiger partial charge is 0.504 e. The van der Waals surface area contributed by atoms with Crippen LogP contribution in [-0.4, -0.2) is 11.1 Å². The summed E-state index contributed by atoms with van der Waals surface area (Å²) in [4.78, 5) is 11.5. The fourth-order valence-corrected chi connectivity index (χ4v) is 2.56. The van der Waals surface area contributed by atoms with E-state index in [1.165, 1.54) is 12.8 Å². The minimum absolute atomic E-state index is 0.142. The number of carbonyl (C=O) groups excluding carboxylic acids is 1. The number of ether oxygens (including phenoxy) is 1. The average molecular weight is 262 g/mol. The zero-order valence-corrected chi connectivity index (χ0v) is 11.9.